The second-order valence-electron chi connectivity index (χ2n) is 5.92. The summed E-state index contributed by atoms with van der Waals surface area (Å²) >= 11 is 13.3. The molecule has 1 heterocycles. The predicted octanol–water partition coefficient (Wildman–Crippen LogP) is 6.29. The minimum absolute atomic E-state index is 0.289. The Morgan fingerprint density at radius 3 is 2.20 bits per heavy atom. The number of carbonyl (C=O) groups excluding carboxylic acids is 1. The summed E-state index contributed by atoms with van der Waals surface area (Å²) in [6.45, 7) is 6.22. The number of carbonyl (C=O) groups is 1. The number of halogens is 2. The molecule has 2 aromatic carbocycles. The van der Waals surface area contributed by atoms with Gasteiger partial charge in [0.05, 0.1) is 5.69 Å². The van der Waals surface area contributed by atoms with E-state index in [0.717, 1.165) is 11.3 Å². The first-order chi connectivity index (χ1) is 11.8. The van der Waals surface area contributed by atoms with Crippen LogP contribution in [0.3, 0.4) is 0 Å². The Hall–Kier alpha value is -1.88. The molecule has 0 saturated heterocycles. The number of aryl methyl sites for hydroxylation is 3. The van der Waals surface area contributed by atoms with Gasteiger partial charge in [-0.2, -0.15) is 0 Å². The number of thiazole rings is 1. The molecule has 1 aromatic heterocycles. The molecule has 128 valence electrons. The van der Waals surface area contributed by atoms with Crippen LogP contribution in [0.4, 0.5) is 5.13 Å². The van der Waals surface area contributed by atoms with Crippen LogP contribution in [-0.4, -0.2) is 10.9 Å². The van der Waals surface area contributed by atoms with E-state index in [1.807, 2.05) is 5.38 Å². The van der Waals surface area contributed by atoms with E-state index >= 15 is 0 Å². The minimum atomic E-state index is -0.289. The van der Waals surface area contributed by atoms with E-state index in [9.17, 15) is 4.79 Å². The Morgan fingerprint density at radius 2 is 1.60 bits per heavy atom. The molecule has 25 heavy (non-hydrogen) atoms. The quantitative estimate of drug-likeness (QED) is 0.570. The molecule has 3 nitrogen and oxygen atoms in total. The van der Waals surface area contributed by atoms with Gasteiger partial charge in [-0.25, -0.2) is 4.98 Å². The molecule has 1 amide bonds. The summed E-state index contributed by atoms with van der Waals surface area (Å²) in [7, 11) is 0. The van der Waals surface area contributed by atoms with Crippen molar-refractivity contribution >= 4 is 45.6 Å². The lowest BCUT2D eigenvalue weighted by atomic mass is 9.98. The van der Waals surface area contributed by atoms with E-state index in [2.05, 4.69) is 43.2 Å². The van der Waals surface area contributed by atoms with E-state index < -0.39 is 0 Å². The average Bonchev–Trinajstić information content (AvgIpc) is 2.93. The second-order valence-corrected chi connectivity index (χ2v) is 7.65. The fraction of sp³-hybridized carbons (Fsp3) is 0.158. The predicted molar refractivity (Wildman–Crippen MR) is 106 cm³/mol. The van der Waals surface area contributed by atoms with Crippen molar-refractivity contribution in [1.29, 1.82) is 0 Å². The van der Waals surface area contributed by atoms with Gasteiger partial charge in [-0.05, 0) is 50.1 Å². The van der Waals surface area contributed by atoms with E-state index in [1.165, 1.54) is 28.0 Å². The van der Waals surface area contributed by atoms with Gasteiger partial charge in [-0.15, -0.1) is 11.3 Å². The molecular formula is C19H16Cl2N2OS. The number of rotatable bonds is 3. The average molecular weight is 391 g/mol. The monoisotopic (exact) mass is 390 g/mol. The standard InChI is InChI=1S/C19H16Cl2N2OS/c1-10-4-11(2)17(12(3)5-10)16-9-25-19(22-16)23-18(24)13-6-14(20)8-15(21)7-13/h4-9H,1-3H3,(H,22,23,24). The maximum Gasteiger partial charge on any atom is 0.257 e. The van der Waals surface area contributed by atoms with E-state index in [4.69, 9.17) is 23.2 Å². The fourth-order valence-electron chi connectivity index (χ4n) is 2.88. The van der Waals surface area contributed by atoms with Crippen molar-refractivity contribution in [3.8, 4) is 11.3 Å². The summed E-state index contributed by atoms with van der Waals surface area (Å²) in [5.41, 5.74) is 5.93. The topological polar surface area (TPSA) is 42.0 Å². The molecule has 6 heteroatoms. The Morgan fingerprint density at radius 1 is 1.00 bits per heavy atom. The van der Waals surface area contributed by atoms with Crippen LogP contribution in [0, 0.1) is 20.8 Å². The Kier molecular flexibility index (Phi) is 5.13. The highest BCUT2D eigenvalue weighted by Crippen LogP contribution is 2.31. The number of aromatic nitrogens is 1. The Bertz CT molecular complexity index is 923. The molecular weight excluding hydrogens is 375 g/mol. The molecule has 0 spiro atoms. The first-order valence-corrected chi connectivity index (χ1v) is 9.28. The SMILES string of the molecule is Cc1cc(C)c(-c2csc(NC(=O)c3cc(Cl)cc(Cl)c3)n2)c(C)c1. The third-order valence-corrected chi connectivity index (χ3v) is 4.98. The molecule has 0 unspecified atom stereocenters. The van der Waals surface area contributed by atoms with Crippen molar-refractivity contribution in [2.75, 3.05) is 5.32 Å². The van der Waals surface area contributed by atoms with Gasteiger partial charge in [0.25, 0.3) is 5.91 Å². The number of hydrogen-bond donors (Lipinski definition) is 1. The van der Waals surface area contributed by atoms with Gasteiger partial charge in [-0.3, -0.25) is 10.1 Å². The normalized spacial score (nSPS) is 10.8. The molecule has 0 aliphatic heterocycles. The van der Waals surface area contributed by atoms with Crippen LogP contribution in [0.1, 0.15) is 27.0 Å². The number of benzene rings is 2. The van der Waals surface area contributed by atoms with E-state index in [0.29, 0.717) is 20.7 Å². The van der Waals surface area contributed by atoms with Crippen LogP contribution < -0.4 is 5.32 Å². The minimum Gasteiger partial charge on any atom is -0.298 e. The van der Waals surface area contributed by atoms with E-state index in [1.54, 1.807) is 18.2 Å². The van der Waals surface area contributed by atoms with Crippen molar-refractivity contribution in [3.05, 3.63) is 68.0 Å². The molecule has 0 aliphatic rings. The van der Waals surface area contributed by atoms with Crippen molar-refractivity contribution in [3.63, 3.8) is 0 Å². The number of amides is 1. The van der Waals surface area contributed by atoms with Crippen molar-refractivity contribution < 1.29 is 4.79 Å². The van der Waals surface area contributed by atoms with Gasteiger partial charge in [0.15, 0.2) is 5.13 Å². The Balaban J connectivity index is 1.86. The Labute approximate surface area is 160 Å². The van der Waals surface area contributed by atoms with Crippen LogP contribution in [0.5, 0.6) is 0 Å². The van der Waals surface area contributed by atoms with Crippen LogP contribution in [0.15, 0.2) is 35.7 Å². The zero-order valence-electron chi connectivity index (χ0n) is 14.0. The molecule has 3 rings (SSSR count). The molecule has 0 bridgehead atoms. The molecule has 0 aliphatic carbocycles. The smallest absolute Gasteiger partial charge is 0.257 e. The van der Waals surface area contributed by atoms with Gasteiger partial charge in [0.2, 0.25) is 0 Å². The molecule has 0 saturated carbocycles. The van der Waals surface area contributed by atoms with Gasteiger partial charge in [0.1, 0.15) is 0 Å². The summed E-state index contributed by atoms with van der Waals surface area (Å²) in [5, 5.41) is 6.13. The van der Waals surface area contributed by atoms with Crippen LogP contribution in [0.2, 0.25) is 10.0 Å². The van der Waals surface area contributed by atoms with Gasteiger partial charge in [0, 0.05) is 26.6 Å². The van der Waals surface area contributed by atoms with Crippen LogP contribution in [0.25, 0.3) is 11.3 Å². The van der Waals surface area contributed by atoms with Gasteiger partial charge < -0.3 is 0 Å². The highest BCUT2D eigenvalue weighted by molar-refractivity contribution is 7.14. The largest absolute Gasteiger partial charge is 0.298 e. The van der Waals surface area contributed by atoms with Crippen molar-refractivity contribution in [2.45, 2.75) is 20.8 Å². The maximum atomic E-state index is 12.4. The molecule has 0 atom stereocenters. The van der Waals surface area contributed by atoms with Crippen LogP contribution in [-0.2, 0) is 0 Å². The molecule has 0 fully saturated rings. The lowest BCUT2D eigenvalue weighted by Crippen LogP contribution is -2.11. The summed E-state index contributed by atoms with van der Waals surface area (Å²) in [6, 6.07) is 9.00. The highest BCUT2D eigenvalue weighted by atomic mass is 35.5. The molecule has 1 N–H and O–H groups in total. The van der Waals surface area contributed by atoms with Crippen molar-refractivity contribution in [2.24, 2.45) is 0 Å². The van der Waals surface area contributed by atoms with Crippen molar-refractivity contribution in [1.82, 2.24) is 4.98 Å². The number of hydrogen-bond acceptors (Lipinski definition) is 3. The number of nitrogens with one attached hydrogen (secondary N) is 1. The van der Waals surface area contributed by atoms with Gasteiger partial charge in [-0.1, -0.05) is 40.9 Å². The summed E-state index contributed by atoms with van der Waals surface area (Å²) in [4.78, 5) is 16.9. The van der Waals surface area contributed by atoms with Gasteiger partial charge >= 0.3 is 0 Å². The highest BCUT2D eigenvalue weighted by Gasteiger charge is 2.14. The zero-order valence-corrected chi connectivity index (χ0v) is 16.3. The molecule has 0 radical (unpaired) electrons. The second kappa shape index (κ2) is 7.16. The number of anilines is 1. The lowest BCUT2D eigenvalue weighted by molar-refractivity contribution is 0.102. The summed E-state index contributed by atoms with van der Waals surface area (Å²) in [5.74, 6) is -0.289. The number of nitrogens with zero attached hydrogens (tertiary/aromatic N) is 1. The third-order valence-electron chi connectivity index (χ3n) is 3.78. The summed E-state index contributed by atoms with van der Waals surface area (Å²) in [6.07, 6.45) is 0. The zero-order chi connectivity index (χ0) is 18.1. The van der Waals surface area contributed by atoms with E-state index in [-0.39, 0.29) is 5.91 Å². The lowest BCUT2D eigenvalue weighted by Gasteiger charge is -2.08. The molecule has 3 aromatic rings. The maximum absolute atomic E-state index is 12.4. The first kappa shape index (κ1) is 17.9. The summed E-state index contributed by atoms with van der Waals surface area (Å²) < 4.78 is 0. The fourth-order valence-corrected chi connectivity index (χ4v) is 4.11. The van der Waals surface area contributed by atoms with Crippen LogP contribution >= 0.6 is 34.5 Å². The third kappa shape index (κ3) is 4.03. The first-order valence-electron chi connectivity index (χ1n) is 7.64.